The summed E-state index contributed by atoms with van der Waals surface area (Å²) in [5.41, 5.74) is 2.22. The van der Waals surface area contributed by atoms with Crippen LogP contribution in [-0.4, -0.2) is 15.6 Å². The summed E-state index contributed by atoms with van der Waals surface area (Å²) in [6.07, 6.45) is 0.840. The van der Waals surface area contributed by atoms with Gasteiger partial charge >= 0.3 is 0 Å². The number of carbonyl (C=O) groups is 1. The molecule has 1 heterocycles. The van der Waals surface area contributed by atoms with Gasteiger partial charge in [-0.3, -0.25) is 9.48 Å². The molecule has 2 rings (SSSR count). The topological polar surface area (TPSA) is 44.1 Å². The average Bonchev–Trinajstić information content (AvgIpc) is 2.76. The van der Waals surface area contributed by atoms with E-state index in [-0.39, 0.29) is 18.1 Å². The molecule has 0 unspecified atom stereocenters. The number of carbonyl (C=O) groups excluding carboxylic acids is 1. The van der Waals surface area contributed by atoms with Crippen molar-refractivity contribution in [1.82, 2.24) is 9.78 Å². The summed E-state index contributed by atoms with van der Waals surface area (Å²) in [4.78, 5) is 11.5. The Morgan fingerprint density at radius 1 is 1.40 bits per heavy atom. The number of benzene rings is 1. The highest BCUT2D eigenvalue weighted by Gasteiger charge is 2.11. The Morgan fingerprint density at radius 3 is 2.75 bits per heavy atom. The molecule has 106 valence electrons. The van der Waals surface area contributed by atoms with Crippen molar-refractivity contribution in [2.45, 2.75) is 26.9 Å². The molecular weight excluding hydrogens is 259 g/mol. The van der Waals surface area contributed by atoms with Crippen molar-refractivity contribution in [2.75, 3.05) is 0 Å². The Bertz CT molecular complexity index is 635. The number of Topliss-reactive ketones (excluding diaryl/α,β-unsaturated/α-hetero) is 1. The summed E-state index contributed by atoms with van der Waals surface area (Å²) in [6.45, 7) is 3.69. The summed E-state index contributed by atoms with van der Waals surface area (Å²) in [7, 11) is 1.83. The SMILES string of the molecule is CCc1cc(COc2cc(F)ccc2C(C)=O)n(C)n1. The van der Waals surface area contributed by atoms with E-state index in [2.05, 4.69) is 5.10 Å². The maximum absolute atomic E-state index is 13.3. The second kappa shape index (κ2) is 5.86. The van der Waals surface area contributed by atoms with Crippen molar-refractivity contribution in [1.29, 1.82) is 0 Å². The van der Waals surface area contributed by atoms with Gasteiger partial charge in [-0.1, -0.05) is 6.92 Å². The third kappa shape index (κ3) is 3.04. The lowest BCUT2D eigenvalue weighted by Crippen LogP contribution is -2.06. The van der Waals surface area contributed by atoms with E-state index >= 15 is 0 Å². The molecule has 4 nitrogen and oxygen atoms in total. The number of hydrogen-bond donors (Lipinski definition) is 0. The molecule has 0 aliphatic heterocycles. The lowest BCUT2D eigenvalue weighted by atomic mass is 10.1. The van der Waals surface area contributed by atoms with Gasteiger partial charge in [-0.15, -0.1) is 0 Å². The fourth-order valence-corrected chi connectivity index (χ4v) is 1.94. The first-order valence-electron chi connectivity index (χ1n) is 6.46. The fraction of sp³-hybridized carbons (Fsp3) is 0.333. The number of aryl methyl sites for hydroxylation is 2. The standard InChI is InChI=1S/C15H17FN2O2/c1-4-12-8-13(18(3)17-12)9-20-15-7-11(16)5-6-14(15)10(2)19/h5-8H,4,9H2,1-3H3. The van der Waals surface area contributed by atoms with Crippen LogP contribution in [0.3, 0.4) is 0 Å². The average molecular weight is 276 g/mol. The van der Waals surface area contributed by atoms with Crippen LogP contribution in [-0.2, 0) is 20.1 Å². The minimum atomic E-state index is -0.427. The van der Waals surface area contributed by atoms with Gasteiger partial charge in [0.2, 0.25) is 0 Å². The Morgan fingerprint density at radius 2 is 2.15 bits per heavy atom. The van der Waals surface area contributed by atoms with Gasteiger partial charge in [0, 0.05) is 13.1 Å². The summed E-state index contributed by atoms with van der Waals surface area (Å²) in [5, 5.41) is 4.31. The Hall–Kier alpha value is -2.17. The molecule has 0 aliphatic rings. The molecule has 0 amide bonds. The Kier molecular flexibility index (Phi) is 4.17. The first kappa shape index (κ1) is 14.2. The molecule has 0 aliphatic carbocycles. The zero-order valence-corrected chi connectivity index (χ0v) is 11.8. The van der Waals surface area contributed by atoms with Gasteiger partial charge in [0.25, 0.3) is 0 Å². The van der Waals surface area contributed by atoms with Gasteiger partial charge in [0.1, 0.15) is 18.2 Å². The zero-order chi connectivity index (χ0) is 14.7. The number of ether oxygens (including phenoxy) is 1. The predicted octanol–water partition coefficient (Wildman–Crippen LogP) is 2.90. The third-order valence-corrected chi connectivity index (χ3v) is 3.09. The highest BCUT2D eigenvalue weighted by atomic mass is 19.1. The quantitative estimate of drug-likeness (QED) is 0.789. The first-order chi connectivity index (χ1) is 9.51. The van der Waals surface area contributed by atoms with Gasteiger partial charge in [-0.25, -0.2) is 4.39 Å². The predicted molar refractivity (Wildman–Crippen MR) is 73.3 cm³/mol. The van der Waals surface area contributed by atoms with E-state index in [1.165, 1.54) is 25.1 Å². The lowest BCUT2D eigenvalue weighted by molar-refractivity contribution is 0.101. The smallest absolute Gasteiger partial charge is 0.163 e. The Labute approximate surface area is 117 Å². The van der Waals surface area contributed by atoms with Gasteiger partial charge in [-0.2, -0.15) is 5.10 Å². The lowest BCUT2D eigenvalue weighted by Gasteiger charge is -2.10. The van der Waals surface area contributed by atoms with Crippen LogP contribution >= 0.6 is 0 Å². The number of aromatic nitrogens is 2. The molecular formula is C15H17FN2O2. The summed E-state index contributed by atoms with van der Waals surface area (Å²) < 4.78 is 20.6. The van der Waals surface area contributed by atoms with Crippen molar-refractivity contribution in [3.05, 3.63) is 47.0 Å². The molecule has 0 spiro atoms. The molecule has 0 N–H and O–H groups in total. The minimum Gasteiger partial charge on any atom is -0.486 e. The van der Waals surface area contributed by atoms with Gasteiger partial charge in [-0.05, 0) is 31.5 Å². The van der Waals surface area contributed by atoms with Crippen LogP contribution in [0.4, 0.5) is 4.39 Å². The summed E-state index contributed by atoms with van der Waals surface area (Å²) in [5.74, 6) is -0.319. The van der Waals surface area contributed by atoms with E-state index < -0.39 is 5.82 Å². The molecule has 0 bridgehead atoms. The Balaban J connectivity index is 2.19. The second-order valence-corrected chi connectivity index (χ2v) is 4.59. The largest absolute Gasteiger partial charge is 0.486 e. The van der Waals surface area contributed by atoms with Crippen molar-refractivity contribution < 1.29 is 13.9 Å². The molecule has 0 saturated heterocycles. The van der Waals surface area contributed by atoms with Crippen LogP contribution in [0, 0.1) is 5.82 Å². The zero-order valence-electron chi connectivity index (χ0n) is 11.8. The molecule has 1 aromatic heterocycles. The molecule has 0 radical (unpaired) electrons. The van der Waals surface area contributed by atoms with Crippen LogP contribution in [0.25, 0.3) is 0 Å². The maximum Gasteiger partial charge on any atom is 0.163 e. The van der Waals surface area contributed by atoms with Gasteiger partial charge < -0.3 is 4.74 Å². The van der Waals surface area contributed by atoms with E-state index in [4.69, 9.17) is 4.74 Å². The van der Waals surface area contributed by atoms with E-state index in [0.717, 1.165) is 17.8 Å². The summed E-state index contributed by atoms with van der Waals surface area (Å²) in [6, 6.07) is 5.86. The van der Waals surface area contributed by atoms with Crippen molar-refractivity contribution >= 4 is 5.78 Å². The van der Waals surface area contributed by atoms with Crippen LogP contribution in [0.1, 0.15) is 35.6 Å². The van der Waals surface area contributed by atoms with E-state index in [1.807, 2.05) is 20.0 Å². The number of hydrogen-bond acceptors (Lipinski definition) is 3. The highest BCUT2D eigenvalue weighted by Crippen LogP contribution is 2.22. The molecule has 1 aromatic carbocycles. The molecule has 0 saturated carbocycles. The third-order valence-electron chi connectivity index (χ3n) is 3.09. The number of halogens is 1. The van der Waals surface area contributed by atoms with Crippen LogP contribution in [0.5, 0.6) is 5.75 Å². The van der Waals surface area contributed by atoms with E-state index in [9.17, 15) is 9.18 Å². The first-order valence-corrected chi connectivity index (χ1v) is 6.46. The molecule has 0 fully saturated rings. The van der Waals surface area contributed by atoms with Crippen LogP contribution in [0.15, 0.2) is 24.3 Å². The van der Waals surface area contributed by atoms with Crippen LogP contribution in [0.2, 0.25) is 0 Å². The molecule has 5 heteroatoms. The van der Waals surface area contributed by atoms with Crippen molar-refractivity contribution in [2.24, 2.45) is 7.05 Å². The second-order valence-electron chi connectivity index (χ2n) is 4.59. The van der Waals surface area contributed by atoms with Gasteiger partial charge in [0.05, 0.1) is 17.0 Å². The van der Waals surface area contributed by atoms with Crippen molar-refractivity contribution in [3.8, 4) is 5.75 Å². The molecule has 0 atom stereocenters. The minimum absolute atomic E-state index is 0.153. The summed E-state index contributed by atoms with van der Waals surface area (Å²) >= 11 is 0. The fourth-order valence-electron chi connectivity index (χ4n) is 1.94. The normalized spacial score (nSPS) is 10.6. The number of nitrogens with zero attached hydrogens (tertiary/aromatic N) is 2. The number of rotatable bonds is 5. The van der Waals surface area contributed by atoms with Crippen molar-refractivity contribution in [3.63, 3.8) is 0 Å². The molecule has 20 heavy (non-hydrogen) atoms. The van der Waals surface area contributed by atoms with Gasteiger partial charge in [0.15, 0.2) is 5.78 Å². The van der Waals surface area contributed by atoms with E-state index in [1.54, 1.807) is 4.68 Å². The maximum atomic E-state index is 13.3. The number of ketones is 1. The monoisotopic (exact) mass is 276 g/mol. The highest BCUT2D eigenvalue weighted by molar-refractivity contribution is 5.96. The van der Waals surface area contributed by atoms with E-state index in [0.29, 0.717) is 5.56 Å². The van der Waals surface area contributed by atoms with Crippen LogP contribution < -0.4 is 4.74 Å². The molecule has 2 aromatic rings.